The van der Waals surface area contributed by atoms with Crippen molar-refractivity contribution in [2.45, 2.75) is 32.7 Å². The average Bonchev–Trinajstić information content (AvgIpc) is 3.23. The zero-order chi connectivity index (χ0) is 14.8. The number of rotatable bonds is 6. The minimum atomic E-state index is -0.542. The van der Waals surface area contributed by atoms with Crippen molar-refractivity contribution in [1.82, 2.24) is 9.78 Å². The Balaban J connectivity index is 2.10. The number of carbonyl (C=O) groups is 1. The van der Waals surface area contributed by atoms with Gasteiger partial charge in [0.25, 0.3) is 5.56 Å². The fourth-order valence-corrected chi connectivity index (χ4v) is 2.22. The molecule has 20 heavy (non-hydrogen) atoms. The third kappa shape index (κ3) is 3.12. The molecule has 0 unspecified atom stereocenters. The Morgan fingerprint density at radius 3 is 2.85 bits per heavy atom. The second-order valence-corrected chi connectivity index (χ2v) is 5.50. The molecule has 7 heteroatoms. The van der Waals surface area contributed by atoms with Gasteiger partial charge in [0.15, 0.2) is 0 Å². The molecule has 110 valence electrons. The maximum absolute atomic E-state index is 12.0. The Morgan fingerprint density at radius 2 is 2.30 bits per heavy atom. The predicted octanol–water partition coefficient (Wildman–Crippen LogP) is 1.67. The molecule has 0 aromatic carbocycles. The number of halogens is 1. The summed E-state index contributed by atoms with van der Waals surface area (Å²) >= 11 is 6.03. The van der Waals surface area contributed by atoms with Gasteiger partial charge in [0.2, 0.25) is 0 Å². The molecule has 1 heterocycles. The fraction of sp³-hybridized carbons (Fsp3) is 0.615. The summed E-state index contributed by atoms with van der Waals surface area (Å²) in [6, 6.07) is 0. The van der Waals surface area contributed by atoms with Gasteiger partial charge in [-0.05, 0) is 24.7 Å². The molecule has 0 amide bonds. The van der Waals surface area contributed by atoms with Crippen molar-refractivity contribution < 1.29 is 9.53 Å². The van der Waals surface area contributed by atoms with E-state index >= 15 is 0 Å². The number of esters is 1. The van der Waals surface area contributed by atoms with Gasteiger partial charge in [-0.1, -0.05) is 18.5 Å². The van der Waals surface area contributed by atoms with E-state index in [4.69, 9.17) is 11.6 Å². The molecule has 1 aliphatic rings. The molecule has 0 radical (unpaired) electrons. The normalized spacial score (nSPS) is 15.8. The number of nitrogens with zero attached hydrogens (tertiary/aromatic N) is 2. The van der Waals surface area contributed by atoms with Crippen LogP contribution in [0, 0.1) is 5.41 Å². The molecular formula is C13H18ClN3O3. The molecular weight excluding hydrogens is 282 g/mol. The van der Waals surface area contributed by atoms with E-state index in [-0.39, 0.29) is 11.6 Å². The van der Waals surface area contributed by atoms with Crippen LogP contribution in [0.4, 0.5) is 5.69 Å². The van der Waals surface area contributed by atoms with E-state index in [2.05, 4.69) is 22.1 Å². The van der Waals surface area contributed by atoms with Crippen LogP contribution in [0.25, 0.3) is 0 Å². The molecule has 1 aromatic heterocycles. The van der Waals surface area contributed by atoms with Gasteiger partial charge in [-0.3, -0.25) is 9.59 Å². The molecule has 2 rings (SSSR count). The first-order valence-corrected chi connectivity index (χ1v) is 6.95. The topological polar surface area (TPSA) is 73.2 Å². The van der Waals surface area contributed by atoms with Crippen molar-refractivity contribution in [2.24, 2.45) is 5.41 Å². The van der Waals surface area contributed by atoms with Gasteiger partial charge < -0.3 is 10.1 Å². The summed E-state index contributed by atoms with van der Waals surface area (Å²) < 4.78 is 5.49. The number of hydrogen-bond donors (Lipinski definition) is 1. The lowest BCUT2D eigenvalue weighted by atomic mass is 10.0. The first kappa shape index (κ1) is 14.8. The Labute approximate surface area is 122 Å². The molecule has 0 saturated heterocycles. The first-order chi connectivity index (χ1) is 9.51. The van der Waals surface area contributed by atoms with Gasteiger partial charge in [-0.2, -0.15) is 5.10 Å². The van der Waals surface area contributed by atoms with Gasteiger partial charge in [0.1, 0.15) is 11.6 Å². The van der Waals surface area contributed by atoms with Crippen molar-refractivity contribution >= 4 is 23.3 Å². The summed E-state index contributed by atoms with van der Waals surface area (Å²) in [6.45, 7) is 2.70. The quantitative estimate of drug-likeness (QED) is 0.809. The lowest BCUT2D eigenvalue weighted by molar-refractivity contribution is -0.141. The van der Waals surface area contributed by atoms with Crippen molar-refractivity contribution in [2.75, 3.05) is 19.0 Å². The highest BCUT2D eigenvalue weighted by molar-refractivity contribution is 6.32. The van der Waals surface area contributed by atoms with Crippen LogP contribution in [0.2, 0.25) is 5.02 Å². The molecule has 0 spiro atoms. The zero-order valence-corrected chi connectivity index (χ0v) is 12.4. The van der Waals surface area contributed by atoms with Crippen LogP contribution in [0.15, 0.2) is 11.0 Å². The first-order valence-electron chi connectivity index (χ1n) is 6.57. The maximum atomic E-state index is 12.0. The van der Waals surface area contributed by atoms with E-state index in [1.165, 1.54) is 26.1 Å². The smallest absolute Gasteiger partial charge is 0.327 e. The van der Waals surface area contributed by atoms with Crippen LogP contribution < -0.4 is 10.9 Å². The number of carbonyl (C=O) groups excluding carboxylic acids is 1. The van der Waals surface area contributed by atoms with Gasteiger partial charge in [-0.25, -0.2) is 4.68 Å². The van der Waals surface area contributed by atoms with Crippen molar-refractivity contribution in [1.29, 1.82) is 0 Å². The SMILES string of the molecule is CCC1(CNc2cnn(CC(=O)OC)c(=O)c2Cl)CC1. The molecule has 1 N–H and O–H groups in total. The highest BCUT2D eigenvalue weighted by Crippen LogP contribution is 2.48. The van der Waals surface area contributed by atoms with Crippen molar-refractivity contribution in [3.63, 3.8) is 0 Å². The number of methoxy groups -OCH3 is 1. The second-order valence-electron chi connectivity index (χ2n) is 5.12. The summed E-state index contributed by atoms with van der Waals surface area (Å²) in [5.41, 5.74) is 0.352. The predicted molar refractivity (Wildman–Crippen MR) is 76.0 cm³/mol. The highest BCUT2D eigenvalue weighted by atomic mass is 35.5. The number of hydrogen-bond acceptors (Lipinski definition) is 5. The number of nitrogens with one attached hydrogen (secondary N) is 1. The Morgan fingerprint density at radius 1 is 1.60 bits per heavy atom. The van der Waals surface area contributed by atoms with Crippen LogP contribution in [0.1, 0.15) is 26.2 Å². The standard InChI is InChI=1S/C13H18ClN3O3/c1-3-13(4-5-13)8-15-9-6-16-17(7-10(18)20-2)12(19)11(9)14/h6,15H,3-5,7-8H2,1-2H3. The minimum Gasteiger partial charge on any atom is -0.468 e. The lowest BCUT2D eigenvalue weighted by Gasteiger charge is -2.15. The molecule has 1 aromatic rings. The fourth-order valence-electron chi connectivity index (χ4n) is 2.00. The molecule has 6 nitrogen and oxygen atoms in total. The van der Waals surface area contributed by atoms with Crippen molar-refractivity contribution in [3.05, 3.63) is 21.6 Å². The van der Waals surface area contributed by atoms with Crippen LogP contribution in [-0.2, 0) is 16.1 Å². The summed E-state index contributed by atoms with van der Waals surface area (Å²) in [7, 11) is 1.25. The van der Waals surface area contributed by atoms with E-state index < -0.39 is 11.5 Å². The summed E-state index contributed by atoms with van der Waals surface area (Å²) in [5, 5.41) is 7.16. The molecule has 1 fully saturated rings. The summed E-state index contributed by atoms with van der Waals surface area (Å²) in [5.74, 6) is -0.542. The third-order valence-corrected chi connectivity index (χ3v) is 4.22. The highest BCUT2D eigenvalue weighted by Gasteiger charge is 2.40. The van der Waals surface area contributed by atoms with Crippen LogP contribution in [-0.4, -0.2) is 29.4 Å². The Hall–Kier alpha value is -1.56. The van der Waals surface area contributed by atoms with E-state index in [1.807, 2.05) is 0 Å². The summed E-state index contributed by atoms with van der Waals surface area (Å²) in [4.78, 5) is 23.1. The number of anilines is 1. The minimum absolute atomic E-state index is 0.0517. The Kier molecular flexibility index (Phi) is 4.32. The van der Waals surface area contributed by atoms with E-state index in [9.17, 15) is 9.59 Å². The molecule has 1 saturated carbocycles. The molecule has 1 aliphatic carbocycles. The van der Waals surface area contributed by atoms with Crippen LogP contribution in [0.3, 0.4) is 0 Å². The van der Waals surface area contributed by atoms with Gasteiger partial charge in [0.05, 0.1) is 19.0 Å². The molecule has 0 atom stereocenters. The van der Waals surface area contributed by atoms with Crippen LogP contribution in [0.5, 0.6) is 0 Å². The van der Waals surface area contributed by atoms with Gasteiger partial charge in [-0.15, -0.1) is 0 Å². The number of ether oxygens (including phenoxy) is 1. The largest absolute Gasteiger partial charge is 0.468 e. The average molecular weight is 300 g/mol. The summed E-state index contributed by atoms with van der Waals surface area (Å²) in [6.07, 6.45) is 4.96. The monoisotopic (exact) mass is 299 g/mol. The molecule has 0 aliphatic heterocycles. The van der Waals surface area contributed by atoms with E-state index in [0.29, 0.717) is 11.1 Å². The van der Waals surface area contributed by atoms with Gasteiger partial charge >= 0.3 is 5.97 Å². The van der Waals surface area contributed by atoms with Crippen molar-refractivity contribution in [3.8, 4) is 0 Å². The van der Waals surface area contributed by atoms with E-state index in [1.54, 1.807) is 0 Å². The van der Waals surface area contributed by atoms with Gasteiger partial charge in [0, 0.05) is 6.54 Å². The number of aromatic nitrogens is 2. The van der Waals surface area contributed by atoms with Crippen LogP contribution >= 0.6 is 11.6 Å². The molecule has 0 bridgehead atoms. The maximum Gasteiger partial charge on any atom is 0.327 e. The Bertz CT molecular complexity index is 566. The third-order valence-electron chi connectivity index (χ3n) is 3.85. The zero-order valence-electron chi connectivity index (χ0n) is 11.6. The second kappa shape index (κ2) is 5.83. The van der Waals surface area contributed by atoms with E-state index in [0.717, 1.165) is 17.6 Å². The lowest BCUT2D eigenvalue weighted by Crippen LogP contribution is -2.28.